The summed E-state index contributed by atoms with van der Waals surface area (Å²) in [6.45, 7) is 0. The molecular weight excluding hydrogens is 524 g/mol. The number of para-hydroxylation sites is 1. The zero-order valence-electron chi connectivity index (χ0n) is 18.8. The number of benzene rings is 3. The summed E-state index contributed by atoms with van der Waals surface area (Å²) in [5, 5.41) is 6.21. The van der Waals surface area contributed by atoms with E-state index in [1.165, 1.54) is 43.5 Å². The summed E-state index contributed by atoms with van der Waals surface area (Å²) in [4.78, 5) is 12.7. The molecule has 0 saturated carbocycles. The Morgan fingerprint density at radius 1 is 0.946 bits per heavy atom. The molecule has 0 aliphatic carbocycles. The number of carbonyl (C=O) groups is 1. The Bertz CT molecular complexity index is 1450. The number of alkyl halides is 6. The molecule has 0 aliphatic heterocycles. The summed E-state index contributed by atoms with van der Waals surface area (Å²) < 4.78 is 85.6. The second-order valence-corrected chi connectivity index (χ2v) is 8.13. The molecular formula is C25H18ClF6N3O2. The van der Waals surface area contributed by atoms with Crippen LogP contribution in [0, 0.1) is 0 Å². The molecule has 37 heavy (non-hydrogen) atoms. The van der Waals surface area contributed by atoms with Crippen molar-refractivity contribution in [3.63, 3.8) is 0 Å². The van der Waals surface area contributed by atoms with Gasteiger partial charge in [-0.25, -0.2) is 4.68 Å². The number of amides is 1. The van der Waals surface area contributed by atoms with E-state index in [2.05, 4.69) is 10.4 Å². The number of methoxy groups -OCH3 is 1. The summed E-state index contributed by atoms with van der Waals surface area (Å²) >= 11 is 6.17. The number of halogens is 7. The zero-order valence-corrected chi connectivity index (χ0v) is 19.5. The maximum atomic E-state index is 13.4. The summed E-state index contributed by atoms with van der Waals surface area (Å²) in [5.41, 5.74) is -1.70. The molecule has 0 radical (unpaired) electrons. The topological polar surface area (TPSA) is 56.1 Å². The molecule has 5 nitrogen and oxygen atoms in total. The van der Waals surface area contributed by atoms with Crippen molar-refractivity contribution in [2.24, 2.45) is 0 Å². The molecule has 4 aromatic rings. The van der Waals surface area contributed by atoms with Gasteiger partial charge in [-0.15, -0.1) is 0 Å². The Kier molecular flexibility index (Phi) is 6.92. The van der Waals surface area contributed by atoms with E-state index in [1.54, 1.807) is 12.1 Å². The molecule has 0 fully saturated rings. The molecule has 1 heterocycles. The molecule has 0 bridgehead atoms. The Balaban J connectivity index is 0.00000400. The van der Waals surface area contributed by atoms with Crippen molar-refractivity contribution < 1.29 is 37.3 Å². The normalized spacial score (nSPS) is 11.9. The van der Waals surface area contributed by atoms with E-state index in [0.29, 0.717) is 0 Å². The molecule has 0 unspecified atom stereocenters. The van der Waals surface area contributed by atoms with Crippen molar-refractivity contribution >= 4 is 23.2 Å². The van der Waals surface area contributed by atoms with E-state index < -0.39 is 29.5 Å². The highest BCUT2D eigenvalue weighted by atomic mass is 35.5. The highest BCUT2D eigenvalue weighted by Gasteiger charge is 2.35. The van der Waals surface area contributed by atoms with Gasteiger partial charge in [-0.1, -0.05) is 35.9 Å². The van der Waals surface area contributed by atoms with Crippen LogP contribution in [0.1, 0.15) is 23.0 Å². The Hall–Kier alpha value is -3.99. The van der Waals surface area contributed by atoms with E-state index in [1.807, 2.05) is 0 Å². The standard InChI is InChI=1S/C25H16ClF6N3O2.H2/c1-37-21-11-10-16(24(27,28)29)12-18(21)33-23(36)15-8-6-14(7-9-15)20-13-22(25(30,31)32)34-35(20)19-5-3-2-4-17(19)26;/h2-13H,1H3,(H,33,36);1H. The van der Waals surface area contributed by atoms with Gasteiger partial charge >= 0.3 is 12.4 Å². The minimum absolute atomic E-state index is 0. The van der Waals surface area contributed by atoms with E-state index >= 15 is 0 Å². The van der Waals surface area contributed by atoms with Gasteiger partial charge in [-0.2, -0.15) is 31.4 Å². The molecule has 3 aromatic carbocycles. The maximum absolute atomic E-state index is 13.4. The Morgan fingerprint density at radius 2 is 1.62 bits per heavy atom. The van der Waals surface area contributed by atoms with E-state index in [9.17, 15) is 31.1 Å². The predicted molar refractivity (Wildman–Crippen MR) is 127 cm³/mol. The summed E-state index contributed by atoms with van der Waals surface area (Å²) in [5.74, 6) is -0.735. The zero-order chi connectivity index (χ0) is 27.0. The first-order valence-corrected chi connectivity index (χ1v) is 10.9. The van der Waals surface area contributed by atoms with Crippen molar-refractivity contribution in [2.45, 2.75) is 12.4 Å². The van der Waals surface area contributed by atoms with Crippen LogP contribution >= 0.6 is 11.6 Å². The van der Waals surface area contributed by atoms with Gasteiger partial charge in [0.1, 0.15) is 5.75 Å². The van der Waals surface area contributed by atoms with Crippen LogP contribution in [0.15, 0.2) is 72.8 Å². The van der Waals surface area contributed by atoms with Crippen LogP contribution in [0.5, 0.6) is 5.75 Å². The fraction of sp³-hybridized carbons (Fsp3) is 0.120. The first-order chi connectivity index (χ1) is 17.4. The number of hydrogen-bond donors (Lipinski definition) is 1. The Labute approximate surface area is 212 Å². The molecule has 1 amide bonds. The molecule has 0 saturated heterocycles. The Morgan fingerprint density at radius 3 is 2.22 bits per heavy atom. The van der Waals surface area contributed by atoms with Crippen LogP contribution in [0.25, 0.3) is 16.9 Å². The first-order valence-electron chi connectivity index (χ1n) is 10.5. The molecule has 0 atom stereocenters. The van der Waals surface area contributed by atoms with Crippen LogP contribution in [0.3, 0.4) is 0 Å². The third-order valence-corrected chi connectivity index (χ3v) is 5.62. The van der Waals surface area contributed by atoms with E-state index in [0.717, 1.165) is 28.9 Å². The second-order valence-electron chi connectivity index (χ2n) is 7.72. The van der Waals surface area contributed by atoms with Gasteiger partial charge in [-0.3, -0.25) is 4.79 Å². The number of carbonyl (C=O) groups excluding carboxylic acids is 1. The van der Waals surface area contributed by atoms with Gasteiger partial charge in [0.25, 0.3) is 5.91 Å². The number of nitrogens with one attached hydrogen (secondary N) is 1. The van der Waals surface area contributed by atoms with Crippen molar-refractivity contribution in [2.75, 3.05) is 12.4 Å². The fourth-order valence-electron chi connectivity index (χ4n) is 3.50. The lowest BCUT2D eigenvalue weighted by Gasteiger charge is -2.14. The maximum Gasteiger partial charge on any atom is 0.435 e. The van der Waals surface area contributed by atoms with E-state index in [-0.39, 0.29) is 40.4 Å². The number of anilines is 1. The average molecular weight is 542 g/mol. The lowest BCUT2D eigenvalue weighted by molar-refractivity contribution is -0.141. The lowest BCUT2D eigenvalue weighted by atomic mass is 10.1. The van der Waals surface area contributed by atoms with Crippen molar-refractivity contribution in [3.05, 3.63) is 94.6 Å². The SMILES string of the molecule is COc1ccc(C(F)(F)F)cc1NC(=O)c1ccc(-c2cc(C(F)(F)F)nn2-c2ccccc2Cl)cc1.[HH]. The van der Waals surface area contributed by atoms with Gasteiger partial charge in [0.15, 0.2) is 5.69 Å². The van der Waals surface area contributed by atoms with Crippen LogP contribution in [-0.4, -0.2) is 22.8 Å². The first kappa shape index (κ1) is 26.1. The van der Waals surface area contributed by atoms with Gasteiger partial charge < -0.3 is 10.1 Å². The monoisotopic (exact) mass is 541 g/mol. The molecule has 0 spiro atoms. The van der Waals surface area contributed by atoms with Gasteiger partial charge in [-0.05, 0) is 48.5 Å². The van der Waals surface area contributed by atoms with Crippen molar-refractivity contribution in [1.29, 1.82) is 0 Å². The highest BCUT2D eigenvalue weighted by Crippen LogP contribution is 2.36. The van der Waals surface area contributed by atoms with Gasteiger partial charge in [0, 0.05) is 12.6 Å². The van der Waals surface area contributed by atoms with Gasteiger partial charge in [0.2, 0.25) is 0 Å². The molecule has 12 heteroatoms. The second kappa shape index (κ2) is 9.81. The van der Waals surface area contributed by atoms with Crippen LogP contribution in [0.4, 0.5) is 32.0 Å². The summed E-state index contributed by atoms with van der Waals surface area (Å²) in [7, 11) is 1.24. The molecule has 1 aromatic heterocycles. The molecule has 194 valence electrons. The van der Waals surface area contributed by atoms with Crippen molar-refractivity contribution in [3.8, 4) is 22.7 Å². The largest absolute Gasteiger partial charge is 0.495 e. The molecule has 1 N–H and O–H groups in total. The van der Waals surface area contributed by atoms with Crippen LogP contribution in [0.2, 0.25) is 5.02 Å². The smallest absolute Gasteiger partial charge is 0.435 e. The number of aromatic nitrogens is 2. The third-order valence-electron chi connectivity index (χ3n) is 5.30. The van der Waals surface area contributed by atoms with Crippen LogP contribution < -0.4 is 10.1 Å². The molecule has 0 aliphatic rings. The minimum Gasteiger partial charge on any atom is -0.495 e. The predicted octanol–water partition coefficient (Wildman–Crippen LogP) is 7.74. The average Bonchev–Trinajstić information content (AvgIpc) is 3.30. The third kappa shape index (κ3) is 5.56. The highest BCUT2D eigenvalue weighted by molar-refractivity contribution is 6.32. The van der Waals surface area contributed by atoms with Crippen LogP contribution in [-0.2, 0) is 12.4 Å². The number of nitrogens with zero attached hydrogens (tertiary/aromatic N) is 2. The molecule has 4 rings (SSSR count). The minimum atomic E-state index is -4.72. The quantitative estimate of drug-likeness (QED) is 0.263. The number of hydrogen-bond acceptors (Lipinski definition) is 3. The number of rotatable bonds is 5. The van der Waals surface area contributed by atoms with Crippen molar-refractivity contribution in [1.82, 2.24) is 9.78 Å². The fourth-order valence-corrected chi connectivity index (χ4v) is 3.72. The number of ether oxygens (including phenoxy) is 1. The van der Waals surface area contributed by atoms with E-state index in [4.69, 9.17) is 16.3 Å². The summed E-state index contributed by atoms with van der Waals surface area (Å²) in [6.07, 6.45) is -9.35. The van der Waals surface area contributed by atoms with Gasteiger partial charge in [0.05, 0.1) is 34.8 Å². The summed E-state index contributed by atoms with van der Waals surface area (Å²) in [6, 6.07) is 15.1. The lowest BCUT2D eigenvalue weighted by Crippen LogP contribution is -2.14.